The summed E-state index contributed by atoms with van der Waals surface area (Å²) in [5.74, 6) is 0.582. The summed E-state index contributed by atoms with van der Waals surface area (Å²) >= 11 is 6.84. The van der Waals surface area contributed by atoms with Crippen LogP contribution in [-0.4, -0.2) is 57.0 Å². The summed E-state index contributed by atoms with van der Waals surface area (Å²) in [6.45, 7) is 3.22. The van der Waals surface area contributed by atoms with Crippen LogP contribution in [0, 0.1) is 0 Å². The maximum atomic E-state index is 11.8. The number of halogens is 2. The average Bonchev–Trinajstić information content (AvgIpc) is 2.48. The van der Waals surface area contributed by atoms with Gasteiger partial charge in [-0.15, -0.1) is 0 Å². The molecule has 1 fully saturated rings. The molecule has 1 aliphatic heterocycles. The second kappa shape index (κ2) is 8.61. The molecule has 6 nitrogen and oxygen atoms in total. The number of hydrogen-bond acceptors (Lipinski definition) is 5. The number of morpholine rings is 1. The minimum absolute atomic E-state index is 0.134. The van der Waals surface area contributed by atoms with Crippen LogP contribution in [0.4, 0.5) is 0 Å². The number of carbonyl (C=O) groups excluding carboxylic acids is 1. The molecule has 22 heavy (non-hydrogen) atoms. The van der Waals surface area contributed by atoms with Gasteiger partial charge in [-0.1, -0.05) is 0 Å². The predicted molar refractivity (Wildman–Crippen MR) is 91.4 cm³/mol. The second-order valence-corrected chi connectivity index (χ2v) is 6.41. The van der Waals surface area contributed by atoms with Gasteiger partial charge < -0.3 is 9.47 Å². The van der Waals surface area contributed by atoms with Crippen LogP contribution in [-0.2, 0) is 9.53 Å². The van der Waals surface area contributed by atoms with Crippen molar-refractivity contribution in [1.29, 1.82) is 0 Å². The summed E-state index contributed by atoms with van der Waals surface area (Å²) in [6, 6.07) is 3.72. The molecule has 0 unspecified atom stereocenters. The Bertz CT molecular complexity index is 537. The van der Waals surface area contributed by atoms with E-state index in [1.807, 2.05) is 17.0 Å². The van der Waals surface area contributed by atoms with Crippen LogP contribution >= 0.6 is 31.9 Å². The molecule has 0 radical (unpaired) electrons. The van der Waals surface area contributed by atoms with Crippen molar-refractivity contribution < 1.29 is 14.3 Å². The van der Waals surface area contributed by atoms with Crippen LogP contribution in [0.25, 0.3) is 0 Å². The van der Waals surface area contributed by atoms with Gasteiger partial charge in [0.25, 0.3) is 5.91 Å². The van der Waals surface area contributed by atoms with Gasteiger partial charge in [0.2, 0.25) is 0 Å². The molecular formula is C14H17Br2N3O3. The standard InChI is InChI=1S/C14H17Br2N3O3/c1-21-14-11(15)6-10(7-12(14)16)8-17-18-13(20)9-19-2-4-22-5-3-19/h6-8H,2-5,9H2,1H3,(H,18,20)/b17-8-. The highest BCUT2D eigenvalue weighted by Gasteiger charge is 2.13. The highest BCUT2D eigenvalue weighted by molar-refractivity contribution is 9.11. The molecule has 1 aromatic carbocycles. The molecule has 0 spiro atoms. The molecule has 120 valence electrons. The van der Waals surface area contributed by atoms with E-state index in [0.29, 0.717) is 25.5 Å². The van der Waals surface area contributed by atoms with Crippen LogP contribution in [0.3, 0.4) is 0 Å². The number of amides is 1. The van der Waals surface area contributed by atoms with E-state index in [0.717, 1.165) is 27.6 Å². The van der Waals surface area contributed by atoms with Gasteiger partial charge in [-0.3, -0.25) is 9.69 Å². The molecule has 1 N–H and O–H groups in total. The van der Waals surface area contributed by atoms with Gasteiger partial charge >= 0.3 is 0 Å². The quantitative estimate of drug-likeness (QED) is 0.568. The lowest BCUT2D eigenvalue weighted by Gasteiger charge is -2.25. The zero-order valence-electron chi connectivity index (χ0n) is 12.1. The fourth-order valence-electron chi connectivity index (χ4n) is 2.03. The zero-order chi connectivity index (χ0) is 15.9. The summed E-state index contributed by atoms with van der Waals surface area (Å²) < 4.78 is 12.1. The average molecular weight is 435 g/mol. The fraction of sp³-hybridized carbons (Fsp3) is 0.429. The predicted octanol–water partition coefficient (Wildman–Crippen LogP) is 2.00. The Balaban J connectivity index is 1.87. The van der Waals surface area contributed by atoms with Gasteiger partial charge in [0.15, 0.2) is 0 Å². The van der Waals surface area contributed by atoms with Crippen molar-refractivity contribution in [1.82, 2.24) is 10.3 Å². The number of nitrogens with one attached hydrogen (secondary N) is 1. The Morgan fingerprint density at radius 1 is 1.41 bits per heavy atom. The highest BCUT2D eigenvalue weighted by Crippen LogP contribution is 2.33. The summed E-state index contributed by atoms with van der Waals surface area (Å²) in [6.07, 6.45) is 1.59. The van der Waals surface area contributed by atoms with Crippen molar-refractivity contribution in [2.24, 2.45) is 5.10 Å². The molecule has 1 aromatic rings. The lowest BCUT2D eigenvalue weighted by atomic mass is 10.2. The third-order valence-corrected chi connectivity index (χ3v) is 4.28. The van der Waals surface area contributed by atoms with E-state index in [1.165, 1.54) is 0 Å². The molecule has 0 aromatic heterocycles. The van der Waals surface area contributed by atoms with Crippen molar-refractivity contribution in [2.75, 3.05) is 40.0 Å². The molecule has 8 heteroatoms. The smallest absolute Gasteiger partial charge is 0.254 e. The van der Waals surface area contributed by atoms with E-state index in [1.54, 1.807) is 13.3 Å². The van der Waals surface area contributed by atoms with Crippen molar-refractivity contribution in [3.63, 3.8) is 0 Å². The Morgan fingerprint density at radius 3 is 2.64 bits per heavy atom. The topological polar surface area (TPSA) is 63.2 Å². The molecular weight excluding hydrogens is 418 g/mol. The number of carbonyl (C=O) groups is 1. The van der Waals surface area contributed by atoms with E-state index in [4.69, 9.17) is 9.47 Å². The number of nitrogens with zero attached hydrogens (tertiary/aromatic N) is 2. The Morgan fingerprint density at radius 2 is 2.05 bits per heavy atom. The third-order valence-electron chi connectivity index (χ3n) is 3.10. The number of hydrazone groups is 1. The normalized spacial score (nSPS) is 16.0. The molecule has 0 aliphatic carbocycles. The number of ether oxygens (including phenoxy) is 2. The van der Waals surface area contributed by atoms with Gasteiger partial charge in [0.1, 0.15) is 5.75 Å². The van der Waals surface area contributed by atoms with Crippen molar-refractivity contribution >= 4 is 44.0 Å². The van der Waals surface area contributed by atoms with Gasteiger partial charge in [-0.25, -0.2) is 5.43 Å². The first-order valence-corrected chi connectivity index (χ1v) is 8.34. The van der Waals surface area contributed by atoms with Crippen molar-refractivity contribution in [3.05, 3.63) is 26.6 Å². The summed E-state index contributed by atoms with van der Waals surface area (Å²) in [5.41, 5.74) is 3.37. The lowest BCUT2D eigenvalue weighted by molar-refractivity contribution is -0.123. The fourth-order valence-corrected chi connectivity index (χ4v) is 3.57. The number of rotatable bonds is 5. The molecule has 0 atom stereocenters. The van der Waals surface area contributed by atoms with Crippen LogP contribution in [0.2, 0.25) is 0 Å². The molecule has 1 aliphatic rings. The van der Waals surface area contributed by atoms with Gasteiger partial charge in [-0.2, -0.15) is 5.10 Å². The first-order valence-electron chi connectivity index (χ1n) is 6.75. The van der Waals surface area contributed by atoms with E-state index in [2.05, 4.69) is 42.4 Å². The number of hydrogen-bond donors (Lipinski definition) is 1. The Kier molecular flexibility index (Phi) is 6.81. The molecule has 1 amide bonds. The molecule has 1 heterocycles. The third kappa shape index (κ3) is 5.05. The molecule has 2 rings (SSSR count). The van der Waals surface area contributed by atoms with E-state index < -0.39 is 0 Å². The van der Waals surface area contributed by atoms with Crippen LogP contribution in [0.5, 0.6) is 5.75 Å². The van der Waals surface area contributed by atoms with Crippen molar-refractivity contribution in [2.45, 2.75) is 0 Å². The second-order valence-electron chi connectivity index (χ2n) is 4.70. The maximum Gasteiger partial charge on any atom is 0.254 e. The monoisotopic (exact) mass is 433 g/mol. The largest absolute Gasteiger partial charge is 0.494 e. The molecule has 0 bridgehead atoms. The number of benzene rings is 1. The van der Waals surface area contributed by atoms with Gasteiger partial charge in [0, 0.05) is 13.1 Å². The van der Waals surface area contributed by atoms with Crippen LogP contribution in [0.15, 0.2) is 26.2 Å². The Labute approximate surface area is 146 Å². The Hall–Kier alpha value is -0.960. The lowest BCUT2D eigenvalue weighted by Crippen LogP contribution is -2.42. The van der Waals surface area contributed by atoms with E-state index in [9.17, 15) is 4.79 Å². The van der Waals surface area contributed by atoms with Gasteiger partial charge in [-0.05, 0) is 49.6 Å². The maximum absolute atomic E-state index is 11.8. The minimum atomic E-state index is -0.134. The zero-order valence-corrected chi connectivity index (χ0v) is 15.3. The summed E-state index contributed by atoms with van der Waals surface area (Å²) in [7, 11) is 1.60. The SMILES string of the molecule is COc1c(Br)cc(/C=N\NC(=O)CN2CCOCC2)cc1Br. The minimum Gasteiger partial charge on any atom is -0.494 e. The summed E-state index contributed by atoms with van der Waals surface area (Å²) in [4.78, 5) is 13.8. The van der Waals surface area contributed by atoms with Gasteiger partial charge in [0.05, 0.1) is 42.0 Å². The number of methoxy groups -OCH3 is 1. The van der Waals surface area contributed by atoms with Crippen LogP contribution < -0.4 is 10.2 Å². The molecule has 0 saturated carbocycles. The van der Waals surface area contributed by atoms with Crippen molar-refractivity contribution in [3.8, 4) is 5.75 Å². The van der Waals surface area contributed by atoms with Crippen LogP contribution in [0.1, 0.15) is 5.56 Å². The first-order chi connectivity index (χ1) is 10.6. The van der Waals surface area contributed by atoms with E-state index in [-0.39, 0.29) is 5.91 Å². The first kappa shape index (κ1) is 17.4. The van der Waals surface area contributed by atoms with E-state index >= 15 is 0 Å². The summed E-state index contributed by atoms with van der Waals surface area (Å²) in [5, 5.41) is 3.98. The molecule has 1 saturated heterocycles. The highest BCUT2D eigenvalue weighted by atomic mass is 79.9.